The van der Waals surface area contributed by atoms with Gasteiger partial charge in [0.05, 0.1) is 28.8 Å². The summed E-state index contributed by atoms with van der Waals surface area (Å²) in [6.07, 6.45) is 4.31. The standard InChI is InChI=1S/C27H39N7O2S/c1-15-20(23-32-21-16(2)28-12-11-19(21)37-23)22(33-24(30-15)29-14-26(3,4)5)31-18-10-9-17(13-18)27(6,7)34-25(35)36-8/h11-12,17-18H,9-10,13-14H2,1-8H3,(H,34,35)(H2,29,30,31,33). The zero-order valence-corrected chi connectivity index (χ0v) is 24.0. The minimum absolute atomic E-state index is 0.0952. The van der Waals surface area contributed by atoms with Gasteiger partial charge in [-0.05, 0) is 64.4 Å². The number of ether oxygens (including phenoxy) is 1. The van der Waals surface area contributed by atoms with E-state index in [0.29, 0.717) is 11.9 Å². The van der Waals surface area contributed by atoms with E-state index in [4.69, 9.17) is 19.7 Å². The van der Waals surface area contributed by atoms with Crippen LogP contribution in [0.15, 0.2) is 12.3 Å². The molecule has 9 nitrogen and oxygen atoms in total. The summed E-state index contributed by atoms with van der Waals surface area (Å²) in [7, 11) is 1.40. The number of alkyl carbamates (subject to hydrolysis) is 1. The lowest BCUT2D eigenvalue weighted by Crippen LogP contribution is -2.48. The van der Waals surface area contributed by atoms with Crippen molar-refractivity contribution in [3.05, 3.63) is 23.7 Å². The molecule has 1 aliphatic rings. The van der Waals surface area contributed by atoms with Gasteiger partial charge in [-0.3, -0.25) is 4.98 Å². The molecule has 1 amide bonds. The molecule has 10 heteroatoms. The van der Waals surface area contributed by atoms with E-state index in [1.54, 1.807) is 11.3 Å². The number of carbonyl (C=O) groups is 1. The fourth-order valence-electron chi connectivity index (χ4n) is 4.82. The molecule has 0 radical (unpaired) electrons. The molecule has 0 bridgehead atoms. The largest absolute Gasteiger partial charge is 0.453 e. The Labute approximate surface area is 223 Å². The number of anilines is 2. The van der Waals surface area contributed by atoms with Crippen LogP contribution in [0.4, 0.5) is 16.6 Å². The summed E-state index contributed by atoms with van der Waals surface area (Å²) in [4.78, 5) is 31.0. The summed E-state index contributed by atoms with van der Waals surface area (Å²) in [6, 6.07) is 2.22. The molecule has 3 heterocycles. The third-order valence-electron chi connectivity index (χ3n) is 6.97. The zero-order valence-electron chi connectivity index (χ0n) is 23.2. The third-order valence-corrected chi connectivity index (χ3v) is 8.01. The van der Waals surface area contributed by atoms with Crippen molar-refractivity contribution in [3.8, 4) is 10.6 Å². The number of thiazole rings is 1. The number of nitrogens with zero attached hydrogens (tertiary/aromatic N) is 4. The quantitative estimate of drug-likeness (QED) is 0.347. The second-order valence-corrected chi connectivity index (χ2v) is 12.8. The van der Waals surface area contributed by atoms with Crippen molar-refractivity contribution >= 4 is 39.4 Å². The molecule has 0 saturated heterocycles. The van der Waals surface area contributed by atoms with Crippen LogP contribution < -0.4 is 16.0 Å². The van der Waals surface area contributed by atoms with Crippen molar-refractivity contribution in [3.63, 3.8) is 0 Å². The Morgan fingerprint density at radius 1 is 1.11 bits per heavy atom. The Morgan fingerprint density at radius 2 is 1.86 bits per heavy atom. The van der Waals surface area contributed by atoms with E-state index in [2.05, 4.69) is 55.6 Å². The van der Waals surface area contributed by atoms with E-state index in [0.717, 1.165) is 63.8 Å². The number of carbonyl (C=O) groups excluding carboxylic acids is 1. The highest BCUT2D eigenvalue weighted by molar-refractivity contribution is 7.21. The SMILES string of the molecule is COC(=O)NC(C)(C)C1CCC(Nc2nc(NCC(C)(C)C)nc(C)c2-c2nc3c(C)nccc3s2)C1. The summed E-state index contributed by atoms with van der Waals surface area (Å²) < 4.78 is 5.94. The van der Waals surface area contributed by atoms with Gasteiger partial charge in [0.2, 0.25) is 5.95 Å². The lowest BCUT2D eigenvalue weighted by atomic mass is 9.86. The maximum absolute atomic E-state index is 11.9. The Morgan fingerprint density at radius 3 is 2.54 bits per heavy atom. The van der Waals surface area contributed by atoms with Crippen LogP contribution in [0.5, 0.6) is 0 Å². The van der Waals surface area contributed by atoms with Crippen molar-refractivity contribution < 1.29 is 9.53 Å². The molecule has 3 N–H and O–H groups in total. The molecule has 3 aromatic heterocycles. The number of methoxy groups -OCH3 is 1. The van der Waals surface area contributed by atoms with Crippen LogP contribution in [-0.4, -0.2) is 51.3 Å². The van der Waals surface area contributed by atoms with E-state index >= 15 is 0 Å². The normalized spacial score (nSPS) is 18.2. The average Bonchev–Trinajstić information content (AvgIpc) is 3.45. The average molecular weight is 526 g/mol. The molecule has 2 unspecified atom stereocenters. The van der Waals surface area contributed by atoms with Gasteiger partial charge in [0, 0.05) is 24.3 Å². The van der Waals surface area contributed by atoms with Crippen LogP contribution in [0.1, 0.15) is 65.3 Å². The van der Waals surface area contributed by atoms with E-state index in [1.807, 2.05) is 26.1 Å². The van der Waals surface area contributed by atoms with Crippen molar-refractivity contribution in [2.24, 2.45) is 11.3 Å². The van der Waals surface area contributed by atoms with Crippen molar-refractivity contribution in [1.29, 1.82) is 0 Å². The lowest BCUT2D eigenvalue weighted by molar-refractivity contribution is 0.147. The molecule has 0 aromatic carbocycles. The number of hydrogen-bond donors (Lipinski definition) is 3. The maximum atomic E-state index is 11.9. The van der Waals surface area contributed by atoms with Gasteiger partial charge in [-0.1, -0.05) is 20.8 Å². The van der Waals surface area contributed by atoms with E-state index in [9.17, 15) is 4.79 Å². The highest BCUT2D eigenvalue weighted by Gasteiger charge is 2.38. The third kappa shape index (κ3) is 6.29. The zero-order chi connectivity index (χ0) is 27.0. The topological polar surface area (TPSA) is 114 Å². The van der Waals surface area contributed by atoms with Crippen LogP contribution in [-0.2, 0) is 4.74 Å². The van der Waals surface area contributed by atoms with Gasteiger partial charge in [0.15, 0.2) is 0 Å². The molecule has 0 spiro atoms. The smallest absolute Gasteiger partial charge is 0.407 e. The first-order chi connectivity index (χ1) is 17.4. The Kier molecular flexibility index (Phi) is 7.60. The Bertz CT molecular complexity index is 1280. The second-order valence-electron chi connectivity index (χ2n) is 11.7. The maximum Gasteiger partial charge on any atom is 0.407 e. The monoisotopic (exact) mass is 525 g/mol. The van der Waals surface area contributed by atoms with E-state index < -0.39 is 6.09 Å². The Balaban J connectivity index is 1.66. The summed E-state index contributed by atoms with van der Waals surface area (Å²) >= 11 is 1.64. The molecule has 3 aromatic rings. The summed E-state index contributed by atoms with van der Waals surface area (Å²) in [5, 5.41) is 11.0. The first-order valence-electron chi connectivity index (χ1n) is 12.8. The fourth-order valence-corrected chi connectivity index (χ4v) is 5.93. The van der Waals surface area contributed by atoms with Crippen LogP contribution in [0.3, 0.4) is 0 Å². The minimum Gasteiger partial charge on any atom is -0.453 e. The van der Waals surface area contributed by atoms with Crippen LogP contribution in [0, 0.1) is 25.2 Å². The van der Waals surface area contributed by atoms with Gasteiger partial charge >= 0.3 is 6.09 Å². The van der Waals surface area contributed by atoms with E-state index in [-0.39, 0.29) is 17.0 Å². The Hall–Kier alpha value is -3.01. The van der Waals surface area contributed by atoms with Gasteiger partial charge in [0.1, 0.15) is 16.3 Å². The molecule has 4 rings (SSSR count). The number of pyridine rings is 1. The van der Waals surface area contributed by atoms with Gasteiger partial charge in [-0.2, -0.15) is 4.98 Å². The number of aryl methyl sites for hydroxylation is 2. The molecule has 1 saturated carbocycles. The van der Waals surface area contributed by atoms with Crippen LogP contribution in [0.25, 0.3) is 20.8 Å². The molecule has 2 atom stereocenters. The first kappa shape index (κ1) is 27.0. The lowest BCUT2D eigenvalue weighted by Gasteiger charge is -2.32. The van der Waals surface area contributed by atoms with Crippen molar-refractivity contribution in [2.45, 2.75) is 79.3 Å². The van der Waals surface area contributed by atoms with Gasteiger partial charge in [-0.25, -0.2) is 14.8 Å². The van der Waals surface area contributed by atoms with Gasteiger partial charge < -0.3 is 20.7 Å². The highest BCUT2D eigenvalue weighted by Crippen LogP contribution is 2.40. The second kappa shape index (κ2) is 10.4. The number of rotatable bonds is 7. The van der Waals surface area contributed by atoms with Gasteiger partial charge in [0.25, 0.3) is 0 Å². The molecular weight excluding hydrogens is 486 g/mol. The summed E-state index contributed by atoms with van der Waals surface area (Å²) in [6.45, 7) is 15.4. The molecular formula is C27H39N7O2S. The van der Waals surface area contributed by atoms with Crippen molar-refractivity contribution in [2.75, 3.05) is 24.3 Å². The highest BCUT2D eigenvalue weighted by atomic mass is 32.1. The number of hydrogen-bond acceptors (Lipinski definition) is 9. The van der Waals surface area contributed by atoms with Gasteiger partial charge in [-0.15, -0.1) is 11.3 Å². The van der Waals surface area contributed by atoms with Crippen LogP contribution in [0.2, 0.25) is 0 Å². The molecule has 1 aliphatic carbocycles. The first-order valence-corrected chi connectivity index (χ1v) is 13.7. The fraction of sp³-hybridized carbons (Fsp3) is 0.593. The number of fused-ring (bicyclic) bond motifs is 1. The molecule has 1 fully saturated rings. The predicted molar refractivity (Wildman–Crippen MR) is 150 cm³/mol. The summed E-state index contributed by atoms with van der Waals surface area (Å²) in [5.41, 5.74) is 3.36. The number of nitrogens with one attached hydrogen (secondary N) is 3. The number of aromatic nitrogens is 4. The molecule has 0 aliphatic heterocycles. The van der Waals surface area contributed by atoms with Crippen molar-refractivity contribution in [1.82, 2.24) is 25.3 Å². The minimum atomic E-state index is -0.398. The van der Waals surface area contributed by atoms with Crippen LogP contribution >= 0.6 is 11.3 Å². The van der Waals surface area contributed by atoms with E-state index in [1.165, 1.54) is 7.11 Å². The predicted octanol–water partition coefficient (Wildman–Crippen LogP) is 5.94. The number of amides is 1. The molecule has 37 heavy (non-hydrogen) atoms. The summed E-state index contributed by atoms with van der Waals surface area (Å²) in [5.74, 6) is 1.71. The molecule has 200 valence electrons.